The van der Waals surface area contributed by atoms with Crippen molar-refractivity contribution in [2.45, 2.75) is 38.5 Å². The number of pyridine rings is 1. The molecule has 3 aromatic heterocycles. The summed E-state index contributed by atoms with van der Waals surface area (Å²) in [5.74, 6) is 0. The van der Waals surface area contributed by atoms with Crippen LogP contribution in [-0.2, 0) is 0 Å². The third kappa shape index (κ3) is 3.55. The van der Waals surface area contributed by atoms with Crippen molar-refractivity contribution < 1.29 is 5.11 Å². The summed E-state index contributed by atoms with van der Waals surface area (Å²) >= 11 is 3.32. The Balaban J connectivity index is 1.61. The lowest BCUT2D eigenvalue weighted by Gasteiger charge is -2.22. The number of nitrogens with zero attached hydrogens (tertiary/aromatic N) is 1. The summed E-state index contributed by atoms with van der Waals surface area (Å²) in [7, 11) is 0. The third-order valence-electron chi connectivity index (χ3n) is 3.81. The Bertz CT molecular complexity index is 723. The average Bonchev–Trinajstić information content (AvgIpc) is 3.17. The van der Waals surface area contributed by atoms with Crippen molar-refractivity contribution in [1.29, 1.82) is 0 Å². The monoisotopic (exact) mass is 332 g/mol. The second-order valence-corrected chi connectivity index (χ2v) is 7.56. The van der Waals surface area contributed by atoms with Crippen molar-refractivity contribution in [1.82, 2.24) is 10.3 Å². The van der Waals surface area contributed by atoms with Gasteiger partial charge in [0, 0.05) is 23.2 Å². The number of hydrogen-bond acceptors (Lipinski definition) is 5. The van der Waals surface area contributed by atoms with Crippen molar-refractivity contribution >= 4 is 32.9 Å². The van der Waals surface area contributed by atoms with Gasteiger partial charge in [0.05, 0.1) is 16.3 Å². The number of fused-ring (bicyclic) bond motifs is 1. The number of aromatic nitrogens is 1. The van der Waals surface area contributed by atoms with Gasteiger partial charge in [-0.25, -0.2) is 0 Å². The summed E-state index contributed by atoms with van der Waals surface area (Å²) in [5.41, 5.74) is 2.24. The highest BCUT2D eigenvalue weighted by molar-refractivity contribution is 7.17. The summed E-state index contributed by atoms with van der Waals surface area (Å²) in [4.78, 5) is 5.52. The summed E-state index contributed by atoms with van der Waals surface area (Å²) in [5, 5.41) is 17.9. The zero-order valence-electron chi connectivity index (χ0n) is 12.7. The molecule has 22 heavy (non-hydrogen) atoms. The number of aliphatic hydroxyl groups is 1. The molecule has 0 fully saturated rings. The molecule has 0 radical (unpaired) electrons. The molecule has 0 spiro atoms. The molecule has 0 saturated heterocycles. The summed E-state index contributed by atoms with van der Waals surface area (Å²) in [6.45, 7) is 4.26. The van der Waals surface area contributed by atoms with Crippen LogP contribution in [0.25, 0.3) is 10.2 Å². The quantitative estimate of drug-likeness (QED) is 0.697. The predicted octanol–water partition coefficient (Wildman–Crippen LogP) is 4.52. The normalized spacial score (nSPS) is 15.8. The maximum Gasteiger partial charge on any atom is 0.0896 e. The Hall–Kier alpha value is -1.27. The highest BCUT2D eigenvalue weighted by Gasteiger charge is 2.16. The number of rotatable bonds is 6. The van der Waals surface area contributed by atoms with E-state index in [0.717, 1.165) is 10.4 Å². The van der Waals surface area contributed by atoms with Crippen molar-refractivity contribution in [2.24, 2.45) is 0 Å². The van der Waals surface area contributed by atoms with E-state index in [1.54, 1.807) is 22.7 Å². The van der Waals surface area contributed by atoms with Crippen LogP contribution < -0.4 is 5.32 Å². The Morgan fingerprint density at radius 2 is 2.09 bits per heavy atom. The molecular formula is C17H20N2OS2. The van der Waals surface area contributed by atoms with Crippen LogP contribution in [0.3, 0.4) is 0 Å². The van der Waals surface area contributed by atoms with E-state index < -0.39 is 6.10 Å². The SMILES string of the molecule is CC(CC(O)c1cccs1)NC(C)c1cnc2ccsc2c1. The van der Waals surface area contributed by atoms with Crippen molar-refractivity contribution in [2.75, 3.05) is 0 Å². The molecule has 116 valence electrons. The fourth-order valence-corrected chi connectivity index (χ4v) is 4.14. The fraction of sp³-hybridized carbons (Fsp3) is 0.353. The minimum Gasteiger partial charge on any atom is -0.388 e. The number of aliphatic hydroxyl groups excluding tert-OH is 1. The molecule has 0 aliphatic rings. The molecule has 0 saturated carbocycles. The molecule has 3 unspecified atom stereocenters. The van der Waals surface area contributed by atoms with Gasteiger partial charge in [-0.2, -0.15) is 0 Å². The average molecular weight is 332 g/mol. The van der Waals surface area contributed by atoms with E-state index in [0.29, 0.717) is 6.42 Å². The second-order valence-electron chi connectivity index (χ2n) is 5.63. The van der Waals surface area contributed by atoms with Crippen molar-refractivity contribution in [3.63, 3.8) is 0 Å². The molecule has 0 amide bonds. The molecule has 2 N–H and O–H groups in total. The molecule has 3 aromatic rings. The lowest BCUT2D eigenvalue weighted by Crippen LogP contribution is -2.30. The molecule has 0 aromatic carbocycles. The fourth-order valence-electron chi connectivity index (χ4n) is 2.62. The second kappa shape index (κ2) is 6.87. The van der Waals surface area contributed by atoms with Crippen LogP contribution in [0.2, 0.25) is 0 Å². The van der Waals surface area contributed by atoms with Crippen molar-refractivity contribution in [3.05, 3.63) is 51.7 Å². The molecule has 3 heterocycles. The van der Waals surface area contributed by atoms with Crippen LogP contribution in [0.15, 0.2) is 41.2 Å². The largest absolute Gasteiger partial charge is 0.388 e. The van der Waals surface area contributed by atoms with Crippen LogP contribution in [-0.4, -0.2) is 16.1 Å². The van der Waals surface area contributed by atoms with E-state index in [4.69, 9.17) is 0 Å². The Morgan fingerprint density at radius 3 is 2.86 bits per heavy atom. The first-order valence-electron chi connectivity index (χ1n) is 7.44. The minimum atomic E-state index is -0.396. The maximum absolute atomic E-state index is 10.2. The zero-order chi connectivity index (χ0) is 15.5. The van der Waals surface area contributed by atoms with Gasteiger partial charge in [-0.15, -0.1) is 22.7 Å². The third-order valence-corrected chi connectivity index (χ3v) is 5.63. The minimum absolute atomic E-state index is 0.213. The van der Waals surface area contributed by atoms with Gasteiger partial charge in [0.2, 0.25) is 0 Å². The van der Waals surface area contributed by atoms with E-state index >= 15 is 0 Å². The van der Waals surface area contributed by atoms with Gasteiger partial charge in [-0.1, -0.05) is 6.07 Å². The first-order valence-corrected chi connectivity index (χ1v) is 9.20. The van der Waals surface area contributed by atoms with Crippen LogP contribution in [0, 0.1) is 0 Å². The number of thiophene rings is 2. The van der Waals surface area contributed by atoms with Gasteiger partial charge in [0.15, 0.2) is 0 Å². The van der Waals surface area contributed by atoms with E-state index in [2.05, 4.69) is 35.6 Å². The molecule has 3 nitrogen and oxygen atoms in total. The van der Waals surface area contributed by atoms with Crippen LogP contribution in [0.4, 0.5) is 0 Å². The number of nitrogens with one attached hydrogen (secondary N) is 1. The molecule has 0 aliphatic heterocycles. The number of hydrogen-bond donors (Lipinski definition) is 2. The van der Waals surface area contributed by atoms with Crippen LogP contribution >= 0.6 is 22.7 Å². The van der Waals surface area contributed by atoms with Crippen LogP contribution in [0.5, 0.6) is 0 Å². The van der Waals surface area contributed by atoms with Gasteiger partial charge in [0.1, 0.15) is 0 Å². The van der Waals surface area contributed by atoms with Crippen LogP contribution in [0.1, 0.15) is 42.9 Å². The molecule has 3 atom stereocenters. The van der Waals surface area contributed by atoms with Gasteiger partial charge in [-0.3, -0.25) is 4.98 Å². The van der Waals surface area contributed by atoms with Gasteiger partial charge >= 0.3 is 0 Å². The Kier molecular flexibility index (Phi) is 4.88. The summed E-state index contributed by atoms with van der Waals surface area (Å²) in [6, 6.07) is 8.65. The molecule has 0 bridgehead atoms. The lowest BCUT2D eigenvalue weighted by atomic mass is 10.1. The predicted molar refractivity (Wildman–Crippen MR) is 94.5 cm³/mol. The Labute approximate surface area is 138 Å². The summed E-state index contributed by atoms with van der Waals surface area (Å²) in [6.07, 6.45) is 2.25. The molecular weight excluding hydrogens is 312 g/mol. The topological polar surface area (TPSA) is 45.1 Å². The van der Waals surface area contributed by atoms with Gasteiger partial charge in [-0.05, 0) is 54.8 Å². The molecule has 5 heteroatoms. The Morgan fingerprint density at radius 1 is 1.23 bits per heavy atom. The van der Waals surface area contributed by atoms with Crippen molar-refractivity contribution in [3.8, 4) is 0 Å². The van der Waals surface area contributed by atoms with E-state index in [9.17, 15) is 5.11 Å². The first-order chi connectivity index (χ1) is 10.6. The highest BCUT2D eigenvalue weighted by Crippen LogP contribution is 2.25. The van der Waals surface area contributed by atoms with Gasteiger partial charge in [0.25, 0.3) is 0 Å². The summed E-state index contributed by atoms with van der Waals surface area (Å²) < 4.78 is 1.22. The standard InChI is InChI=1S/C17H20N2OS2/c1-11(8-15(20)16-4-3-6-21-16)19-12(2)13-9-17-14(18-10-13)5-7-22-17/h3-7,9-12,15,19-20H,8H2,1-2H3. The molecule has 3 rings (SSSR count). The van der Waals surface area contributed by atoms with E-state index in [1.165, 1.54) is 10.3 Å². The van der Waals surface area contributed by atoms with E-state index in [1.807, 2.05) is 29.8 Å². The zero-order valence-corrected chi connectivity index (χ0v) is 14.3. The molecule has 0 aliphatic carbocycles. The van der Waals surface area contributed by atoms with Gasteiger partial charge < -0.3 is 10.4 Å². The lowest BCUT2D eigenvalue weighted by molar-refractivity contribution is 0.155. The smallest absolute Gasteiger partial charge is 0.0896 e. The maximum atomic E-state index is 10.2. The highest BCUT2D eigenvalue weighted by atomic mass is 32.1. The van der Waals surface area contributed by atoms with E-state index in [-0.39, 0.29) is 12.1 Å². The first kappa shape index (κ1) is 15.6.